The van der Waals surface area contributed by atoms with E-state index in [0.29, 0.717) is 6.04 Å². The number of hydrogen-bond acceptors (Lipinski definition) is 2. The van der Waals surface area contributed by atoms with Gasteiger partial charge in [0.25, 0.3) is 0 Å². The van der Waals surface area contributed by atoms with E-state index in [1.54, 1.807) is 0 Å². The van der Waals surface area contributed by atoms with Crippen LogP contribution in [0.4, 0.5) is 0 Å². The topological polar surface area (TPSA) is 15.3 Å². The van der Waals surface area contributed by atoms with Crippen molar-refractivity contribution in [2.45, 2.75) is 71.4 Å². The lowest BCUT2D eigenvalue weighted by Gasteiger charge is -2.33. The van der Waals surface area contributed by atoms with Crippen LogP contribution in [-0.4, -0.2) is 37.1 Å². The van der Waals surface area contributed by atoms with Gasteiger partial charge in [-0.2, -0.15) is 0 Å². The van der Waals surface area contributed by atoms with Gasteiger partial charge < -0.3 is 10.2 Å². The van der Waals surface area contributed by atoms with Crippen LogP contribution in [0.5, 0.6) is 0 Å². The predicted octanol–water partition coefficient (Wildman–Crippen LogP) is 3.28. The Labute approximate surface area is 108 Å². The molecule has 1 aliphatic rings. The summed E-state index contributed by atoms with van der Waals surface area (Å²) in [4.78, 5) is 2.47. The Bertz CT molecular complexity index is 193. The molecule has 2 heteroatoms. The molecular weight excluding hydrogens is 208 g/mol. The molecule has 3 unspecified atom stereocenters. The number of nitrogens with one attached hydrogen (secondary N) is 1. The molecule has 0 bridgehead atoms. The van der Waals surface area contributed by atoms with Crippen molar-refractivity contribution >= 4 is 0 Å². The van der Waals surface area contributed by atoms with E-state index in [2.05, 4.69) is 38.0 Å². The van der Waals surface area contributed by atoms with Crippen LogP contribution in [0.2, 0.25) is 0 Å². The molecule has 0 saturated heterocycles. The van der Waals surface area contributed by atoms with Crippen LogP contribution in [0, 0.1) is 5.92 Å². The first-order chi connectivity index (χ1) is 8.19. The Morgan fingerprint density at radius 3 is 2.59 bits per heavy atom. The van der Waals surface area contributed by atoms with Gasteiger partial charge in [-0.1, -0.05) is 33.1 Å². The van der Waals surface area contributed by atoms with Crippen LogP contribution in [0.15, 0.2) is 0 Å². The van der Waals surface area contributed by atoms with E-state index in [1.807, 2.05) is 0 Å². The summed E-state index contributed by atoms with van der Waals surface area (Å²) in [5.74, 6) is 0.928. The molecule has 0 aromatic rings. The van der Waals surface area contributed by atoms with Crippen molar-refractivity contribution in [2.24, 2.45) is 5.92 Å². The first-order valence-electron chi connectivity index (χ1n) is 7.62. The second-order valence-corrected chi connectivity index (χ2v) is 5.75. The van der Waals surface area contributed by atoms with E-state index in [1.165, 1.54) is 45.1 Å². The van der Waals surface area contributed by atoms with Gasteiger partial charge in [-0.15, -0.1) is 0 Å². The average molecular weight is 240 g/mol. The number of rotatable bonds is 7. The first kappa shape index (κ1) is 15.0. The number of hydrogen-bond donors (Lipinski definition) is 1. The summed E-state index contributed by atoms with van der Waals surface area (Å²) >= 11 is 0. The lowest BCUT2D eigenvalue weighted by Crippen LogP contribution is -2.43. The van der Waals surface area contributed by atoms with Crippen molar-refractivity contribution in [1.29, 1.82) is 0 Å². The smallest absolute Gasteiger partial charge is 0.0107 e. The van der Waals surface area contributed by atoms with Gasteiger partial charge in [0.15, 0.2) is 0 Å². The second kappa shape index (κ2) is 8.10. The molecule has 3 atom stereocenters. The maximum absolute atomic E-state index is 3.79. The maximum atomic E-state index is 3.79. The summed E-state index contributed by atoms with van der Waals surface area (Å²) in [7, 11) is 2.24. The zero-order valence-electron chi connectivity index (χ0n) is 12.3. The van der Waals surface area contributed by atoms with Crippen LogP contribution in [0.25, 0.3) is 0 Å². The number of likely N-dealkylation sites (N-methyl/N-ethyl adjacent to an activating group) is 1. The lowest BCUT2D eigenvalue weighted by atomic mass is 9.83. The lowest BCUT2D eigenvalue weighted by molar-refractivity contribution is 0.220. The molecule has 1 fully saturated rings. The first-order valence-corrected chi connectivity index (χ1v) is 7.62. The van der Waals surface area contributed by atoms with E-state index in [-0.39, 0.29) is 0 Å². The third-order valence-electron chi connectivity index (χ3n) is 4.65. The van der Waals surface area contributed by atoms with E-state index >= 15 is 0 Å². The van der Waals surface area contributed by atoms with Crippen LogP contribution < -0.4 is 5.32 Å². The van der Waals surface area contributed by atoms with Crippen LogP contribution >= 0.6 is 0 Å². The van der Waals surface area contributed by atoms with Crippen molar-refractivity contribution in [3.63, 3.8) is 0 Å². The monoisotopic (exact) mass is 240 g/mol. The van der Waals surface area contributed by atoms with E-state index in [4.69, 9.17) is 0 Å². The van der Waals surface area contributed by atoms with Gasteiger partial charge in [-0.05, 0) is 39.2 Å². The summed E-state index contributed by atoms with van der Waals surface area (Å²) in [5, 5.41) is 3.79. The Morgan fingerprint density at radius 2 is 1.94 bits per heavy atom. The highest BCUT2D eigenvalue weighted by molar-refractivity contribution is 4.80. The molecule has 102 valence electrons. The number of nitrogens with zero attached hydrogens (tertiary/aromatic N) is 1. The molecule has 1 saturated carbocycles. The minimum Gasteiger partial charge on any atom is -0.312 e. The second-order valence-electron chi connectivity index (χ2n) is 5.75. The van der Waals surface area contributed by atoms with Crippen molar-refractivity contribution in [1.82, 2.24) is 10.2 Å². The van der Waals surface area contributed by atoms with E-state index in [9.17, 15) is 0 Å². The molecule has 0 aromatic heterocycles. The van der Waals surface area contributed by atoms with Crippen molar-refractivity contribution < 1.29 is 0 Å². The van der Waals surface area contributed by atoms with E-state index in [0.717, 1.165) is 18.5 Å². The van der Waals surface area contributed by atoms with Gasteiger partial charge >= 0.3 is 0 Å². The maximum Gasteiger partial charge on any atom is 0.0107 e. The third-order valence-corrected chi connectivity index (χ3v) is 4.65. The highest BCUT2D eigenvalue weighted by atomic mass is 15.1. The average Bonchev–Trinajstić information content (AvgIpc) is 2.38. The van der Waals surface area contributed by atoms with Crippen molar-refractivity contribution in [3.8, 4) is 0 Å². The molecular formula is C15H32N2. The minimum atomic E-state index is 0.713. The van der Waals surface area contributed by atoms with E-state index < -0.39 is 0 Å². The summed E-state index contributed by atoms with van der Waals surface area (Å²) in [6.45, 7) is 9.26. The molecule has 2 nitrogen and oxygen atoms in total. The minimum absolute atomic E-state index is 0.713. The molecule has 1 rings (SSSR count). The fourth-order valence-corrected chi connectivity index (χ4v) is 2.92. The Balaban J connectivity index is 2.20. The predicted molar refractivity (Wildman–Crippen MR) is 76.4 cm³/mol. The van der Waals surface area contributed by atoms with Crippen LogP contribution in [-0.2, 0) is 0 Å². The zero-order valence-corrected chi connectivity index (χ0v) is 12.3. The molecule has 1 aliphatic carbocycles. The van der Waals surface area contributed by atoms with Gasteiger partial charge in [0.1, 0.15) is 0 Å². The molecule has 17 heavy (non-hydrogen) atoms. The Hall–Kier alpha value is -0.0800. The quantitative estimate of drug-likeness (QED) is 0.735. The van der Waals surface area contributed by atoms with Gasteiger partial charge in [0.2, 0.25) is 0 Å². The largest absolute Gasteiger partial charge is 0.312 e. The van der Waals surface area contributed by atoms with Crippen LogP contribution in [0.3, 0.4) is 0 Å². The zero-order chi connectivity index (χ0) is 12.7. The summed E-state index contributed by atoms with van der Waals surface area (Å²) in [6, 6.07) is 1.50. The summed E-state index contributed by atoms with van der Waals surface area (Å²) in [6.07, 6.45) is 8.30. The normalized spacial score (nSPS) is 27.4. The van der Waals surface area contributed by atoms with Gasteiger partial charge in [0, 0.05) is 25.2 Å². The fraction of sp³-hybridized carbons (Fsp3) is 1.00. The van der Waals surface area contributed by atoms with Gasteiger partial charge in [0.05, 0.1) is 0 Å². The highest BCUT2D eigenvalue weighted by Gasteiger charge is 2.22. The Kier molecular flexibility index (Phi) is 7.14. The summed E-state index contributed by atoms with van der Waals surface area (Å²) in [5.41, 5.74) is 0. The molecule has 0 heterocycles. The van der Waals surface area contributed by atoms with Crippen LogP contribution in [0.1, 0.15) is 59.3 Å². The molecule has 0 amide bonds. The molecule has 0 aromatic carbocycles. The Morgan fingerprint density at radius 1 is 1.24 bits per heavy atom. The third kappa shape index (κ3) is 4.97. The standard InChI is InChI=1S/C15H32N2/c1-5-13(3)17(4)12-11-16-15-10-8-7-9-14(15)6-2/h13-16H,5-12H2,1-4H3. The van der Waals surface area contributed by atoms with Gasteiger partial charge in [-0.25, -0.2) is 0 Å². The molecule has 0 spiro atoms. The molecule has 0 radical (unpaired) electrons. The van der Waals surface area contributed by atoms with Gasteiger partial charge in [-0.3, -0.25) is 0 Å². The SMILES string of the molecule is CCC1CCCCC1NCCN(C)C(C)CC. The van der Waals surface area contributed by atoms with Crippen molar-refractivity contribution in [3.05, 3.63) is 0 Å². The fourth-order valence-electron chi connectivity index (χ4n) is 2.92. The molecule has 1 N–H and O–H groups in total. The highest BCUT2D eigenvalue weighted by Crippen LogP contribution is 2.26. The summed E-state index contributed by atoms with van der Waals surface area (Å²) < 4.78 is 0. The van der Waals surface area contributed by atoms with Crippen molar-refractivity contribution in [2.75, 3.05) is 20.1 Å². The molecule has 0 aliphatic heterocycles.